The normalized spacial score (nSPS) is 10.4. The third kappa shape index (κ3) is 2.43. The van der Waals surface area contributed by atoms with E-state index in [1.807, 2.05) is 36.4 Å². The van der Waals surface area contributed by atoms with Gasteiger partial charge in [0.1, 0.15) is 0 Å². The van der Waals surface area contributed by atoms with Gasteiger partial charge in [0.15, 0.2) is 0 Å². The molecule has 1 N–H and O–H groups in total. The summed E-state index contributed by atoms with van der Waals surface area (Å²) in [5.41, 5.74) is 3.38. The average molecular weight is 233 g/mol. The van der Waals surface area contributed by atoms with Gasteiger partial charge in [-0.15, -0.1) is 0 Å². The maximum absolute atomic E-state index is 9.04. The summed E-state index contributed by atoms with van der Waals surface area (Å²) in [5.74, 6) is 0. The monoisotopic (exact) mass is 232 g/mol. The predicted octanol–water partition coefficient (Wildman–Crippen LogP) is 3.54. The van der Waals surface area contributed by atoms with Gasteiger partial charge in [-0.2, -0.15) is 0 Å². The van der Waals surface area contributed by atoms with E-state index in [1.165, 1.54) is 0 Å². The van der Waals surface area contributed by atoms with Gasteiger partial charge in [0.2, 0.25) is 0 Å². The Bertz CT molecular complexity index is 465. The van der Waals surface area contributed by atoms with E-state index in [1.54, 1.807) is 0 Å². The summed E-state index contributed by atoms with van der Waals surface area (Å²) in [6.07, 6.45) is 0.630. The number of hydrogen-bond donors (Lipinski definition) is 1. The van der Waals surface area contributed by atoms with Crippen LogP contribution >= 0.6 is 11.6 Å². The van der Waals surface area contributed by atoms with Crippen LogP contribution in [0.25, 0.3) is 11.1 Å². The van der Waals surface area contributed by atoms with Gasteiger partial charge in [0.05, 0.1) is 0 Å². The minimum Gasteiger partial charge on any atom is -0.396 e. The van der Waals surface area contributed by atoms with Crippen molar-refractivity contribution in [3.05, 3.63) is 59.1 Å². The van der Waals surface area contributed by atoms with Crippen molar-refractivity contribution in [2.45, 2.75) is 6.42 Å². The summed E-state index contributed by atoms with van der Waals surface area (Å²) in [6.45, 7) is 0.139. The Hall–Kier alpha value is -1.31. The van der Waals surface area contributed by atoms with Crippen LogP contribution in [0.1, 0.15) is 5.56 Å². The van der Waals surface area contributed by atoms with Crippen molar-refractivity contribution in [3.8, 4) is 11.1 Å². The van der Waals surface area contributed by atoms with Crippen LogP contribution in [-0.4, -0.2) is 11.7 Å². The highest BCUT2D eigenvalue weighted by atomic mass is 35.5. The highest BCUT2D eigenvalue weighted by Gasteiger charge is 2.04. The molecule has 0 aliphatic heterocycles. The van der Waals surface area contributed by atoms with Crippen LogP contribution in [-0.2, 0) is 6.42 Å². The minimum absolute atomic E-state index is 0.139. The Balaban J connectivity index is 2.48. The Morgan fingerprint density at radius 1 is 1.00 bits per heavy atom. The van der Waals surface area contributed by atoms with E-state index < -0.39 is 0 Å². The van der Waals surface area contributed by atoms with Crippen LogP contribution in [0, 0.1) is 0 Å². The van der Waals surface area contributed by atoms with Gasteiger partial charge in [-0.25, -0.2) is 0 Å². The second kappa shape index (κ2) is 5.15. The summed E-state index contributed by atoms with van der Waals surface area (Å²) in [7, 11) is 0. The number of aliphatic hydroxyl groups is 1. The van der Waals surface area contributed by atoms with Crippen LogP contribution in [0.15, 0.2) is 48.5 Å². The van der Waals surface area contributed by atoms with Gasteiger partial charge < -0.3 is 5.11 Å². The average Bonchev–Trinajstić information content (AvgIpc) is 2.31. The SMILES string of the molecule is OCCc1cc(Cl)ccc1-c1ccccc1. The quantitative estimate of drug-likeness (QED) is 0.858. The van der Waals surface area contributed by atoms with E-state index >= 15 is 0 Å². The second-order valence-electron chi connectivity index (χ2n) is 3.64. The maximum atomic E-state index is 9.04. The second-order valence-corrected chi connectivity index (χ2v) is 4.08. The Morgan fingerprint density at radius 2 is 1.75 bits per heavy atom. The highest BCUT2D eigenvalue weighted by molar-refractivity contribution is 6.30. The molecule has 2 aromatic carbocycles. The lowest BCUT2D eigenvalue weighted by Gasteiger charge is -2.09. The molecule has 0 spiro atoms. The Morgan fingerprint density at radius 3 is 2.44 bits per heavy atom. The fourth-order valence-corrected chi connectivity index (χ4v) is 1.98. The first-order valence-electron chi connectivity index (χ1n) is 5.26. The lowest BCUT2D eigenvalue weighted by molar-refractivity contribution is 0.300. The van der Waals surface area contributed by atoms with Gasteiger partial charge in [-0.05, 0) is 35.2 Å². The number of benzene rings is 2. The van der Waals surface area contributed by atoms with E-state index in [0.29, 0.717) is 11.4 Å². The van der Waals surface area contributed by atoms with Crippen LogP contribution < -0.4 is 0 Å². The zero-order valence-corrected chi connectivity index (χ0v) is 9.61. The van der Waals surface area contributed by atoms with Crippen molar-refractivity contribution in [3.63, 3.8) is 0 Å². The highest BCUT2D eigenvalue weighted by Crippen LogP contribution is 2.26. The van der Waals surface area contributed by atoms with Crippen molar-refractivity contribution < 1.29 is 5.11 Å². The molecule has 2 rings (SSSR count). The van der Waals surface area contributed by atoms with Gasteiger partial charge in [-0.3, -0.25) is 0 Å². The van der Waals surface area contributed by atoms with Crippen LogP contribution in [0.2, 0.25) is 5.02 Å². The predicted molar refractivity (Wildman–Crippen MR) is 67.7 cm³/mol. The Labute approximate surface area is 100 Å². The molecule has 0 saturated carbocycles. The maximum Gasteiger partial charge on any atom is 0.0471 e. The zero-order chi connectivity index (χ0) is 11.4. The summed E-state index contributed by atoms with van der Waals surface area (Å²) < 4.78 is 0. The molecule has 0 heterocycles. The molecule has 2 heteroatoms. The minimum atomic E-state index is 0.139. The molecule has 0 aliphatic rings. The number of hydrogen-bond acceptors (Lipinski definition) is 1. The fourth-order valence-electron chi connectivity index (χ4n) is 1.79. The van der Waals surface area contributed by atoms with Crippen molar-refractivity contribution in [2.24, 2.45) is 0 Å². The molecule has 16 heavy (non-hydrogen) atoms. The zero-order valence-electron chi connectivity index (χ0n) is 8.86. The molecule has 2 aromatic rings. The van der Waals surface area contributed by atoms with E-state index in [9.17, 15) is 0 Å². The molecule has 0 atom stereocenters. The van der Waals surface area contributed by atoms with Crippen molar-refractivity contribution in [1.29, 1.82) is 0 Å². The van der Waals surface area contributed by atoms with E-state index in [4.69, 9.17) is 16.7 Å². The number of rotatable bonds is 3. The molecule has 0 bridgehead atoms. The van der Waals surface area contributed by atoms with Gasteiger partial charge >= 0.3 is 0 Å². The summed E-state index contributed by atoms with van der Waals surface area (Å²) >= 11 is 5.96. The van der Waals surface area contributed by atoms with Gasteiger partial charge in [-0.1, -0.05) is 48.0 Å². The van der Waals surface area contributed by atoms with Crippen LogP contribution in [0.3, 0.4) is 0 Å². The third-order valence-electron chi connectivity index (χ3n) is 2.53. The lowest BCUT2D eigenvalue weighted by Crippen LogP contribution is -1.94. The first kappa shape index (κ1) is 11.2. The van der Waals surface area contributed by atoms with E-state index in [-0.39, 0.29) is 6.61 Å². The van der Waals surface area contributed by atoms with Gasteiger partial charge in [0, 0.05) is 11.6 Å². The third-order valence-corrected chi connectivity index (χ3v) is 2.77. The Kier molecular flexibility index (Phi) is 3.60. The molecule has 0 fully saturated rings. The van der Waals surface area contributed by atoms with Crippen molar-refractivity contribution in [2.75, 3.05) is 6.61 Å². The van der Waals surface area contributed by atoms with E-state index in [2.05, 4.69) is 12.1 Å². The standard InChI is InChI=1S/C14H13ClO/c15-13-6-7-14(12(10-13)8-9-16)11-4-2-1-3-5-11/h1-7,10,16H,8-9H2. The number of halogens is 1. The topological polar surface area (TPSA) is 20.2 Å². The molecule has 0 radical (unpaired) electrons. The molecular formula is C14H13ClO. The molecule has 0 unspecified atom stereocenters. The molecule has 0 aliphatic carbocycles. The first-order valence-corrected chi connectivity index (χ1v) is 5.64. The smallest absolute Gasteiger partial charge is 0.0471 e. The lowest BCUT2D eigenvalue weighted by atomic mass is 9.98. The summed E-state index contributed by atoms with van der Waals surface area (Å²) in [4.78, 5) is 0. The molecular weight excluding hydrogens is 220 g/mol. The molecule has 0 saturated heterocycles. The first-order chi connectivity index (χ1) is 7.81. The van der Waals surface area contributed by atoms with Gasteiger partial charge in [0.25, 0.3) is 0 Å². The largest absolute Gasteiger partial charge is 0.396 e. The molecule has 0 amide bonds. The molecule has 0 aromatic heterocycles. The van der Waals surface area contributed by atoms with Crippen molar-refractivity contribution >= 4 is 11.6 Å². The fraction of sp³-hybridized carbons (Fsp3) is 0.143. The summed E-state index contributed by atoms with van der Waals surface area (Å²) in [6, 6.07) is 15.9. The van der Waals surface area contributed by atoms with Crippen LogP contribution in [0.5, 0.6) is 0 Å². The van der Waals surface area contributed by atoms with Crippen LogP contribution in [0.4, 0.5) is 0 Å². The number of aliphatic hydroxyl groups excluding tert-OH is 1. The van der Waals surface area contributed by atoms with Crippen molar-refractivity contribution in [1.82, 2.24) is 0 Å². The van der Waals surface area contributed by atoms with E-state index in [0.717, 1.165) is 16.7 Å². The molecule has 1 nitrogen and oxygen atoms in total. The summed E-state index contributed by atoms with van der Waals surface area (Å²) in [5, 5.41) is 9.75. The molecule has 82 valence electrons.